The lowest BCUT2D eigenvalue weighted by Crippen LogP contribution is -2.07. The summed E-state index contributed by atoms with van der Waals surface area (Å²) in [7, 11) is 0. The summed E-state index contributed by atoms with van der Waals surface area (Å²) in [6, 6.07) is 1.00. The zero-order valence-corrected chi connectivity index (χ0v) is 10.1. The van der Waals surface area contributed by atoms with Gasteiger partial charge in [-0.3, -0.25) is 0 Å². The van der Waals surface area contributed by atoms with Crippen molar-refractivity contribution in [2.24, 2.45) is 0 Å². The Morgan fingerprint density at radius 1 is 1.20 bits per heavy atom. The average molecular weight is 283 g/mol. The number of aryl methyl sites for hydroxylation is 1. The van der Waals surface area contributed by atoms with Gasteiger partial charge in [0.2, 0.25) is 5.95 Å². The predicted molar refractivity (Wildman–Crippen MR) is 63.3 cm³/mol. The van der Waals surface area contributed by atoms with E-state index < -0.39 is 23.4 Å². The van der Waals surface area contributed by atoms with E-state index in [1.165, 1.54) is 6.92 Å². The van der Waals surface area contributed by atoms with E-state index >= 15 is 0 Å². The van der Waals surface area contributed by atoms with Gasteiger partial charge in [-0.25, -0.2) is 27.9 Å². The van der Waals surface area contributed by atoms with E-state index in [-0.39, 0.29) is 22.9 Å². The molecule has 0 radical (unpaired) electrons. The summed E-state index contributed by atoms with van der Waals surface area (Å²) in [6.45, 7) is 1.43. The van der Waals surface area contributed by atoms with Crippen LogP contribution in [-0.4, -0.2) is 21.0 Å². The first-order valence-corrected chi connectivity index (χ1v) is 5.37. The molecule has 0 fully saturated rings. The van der Waals surface area contributed by atoms with Crippen LogP contribution in [0.2, 0.25) is 0 Å². The molecule has 2 aromatic rings. The molecule has 104 valence electrons. The topological polar surface area (TPSA) is 75.1 Å². The molecule has 20 heavy (non-hydrogen) atoms. The van der Waals surface area contributed by atoms with E-state index in [2.05, 4.69) is 15.3 Å². The van der Waals surface area contributed by atoms with Crippen molar-refractivity contribution < 1.29 is 23.1 Å². The lowest BCUT2D eigenvalue weighted by molar-refractivity contribution is 0.0695. The first-order valence-electron chi connectivity index (χ1n) is 5.37. The molecule has 0 saturated carbocycles. The van der Waals surface area contributed by atoms with Gasteiger partial charge in [0, 0.05) is 18.3 Å². The second kappa shape index (κ2) is 5.16. The van der Waals surface area contributed by atoms with Gasteiger partial charge in [-0.15, -0.1) is 0 Å². The molecule has 1 aromatic heterocycles. The maximum absolute atomic E-state index is 13.4. The van der Waals surface area contributed by atoms with E-state index in [0.29, 0.717) is 12.1 Å². The van der Waals surface area contributed by atoms with Gasteiger partial charge in [0.15, 0.2) is 11.6 Å². The third kappa shape index (κ3) is 2.68. The molecule has 1 aromatic carbocycles. The SMILES string of the molecule is Cc1nc(Nc2cc(F)c(F)cc2F)ncc1C(=O)O. The normalized spacial score (nSPS) is 10.4. The van der Waals surface area contributed by atoms with Crippen molar-refractivity contribution in [2.45, 2.75) is 6.92 Å². The molecule has 8 heteroatoms. The van der Waals surface area contributed by atoms with Gasteiger partial charge in [-0.05, 0) is 6.92 Å². The number of hydrogen-bond acceptors (Lipinski definition) is 4. The first kappa shape index (κ1) is 13.8. The molecule has 0 atom stereocenters. The van der Waals surface area contributed by atoms with Crippen LogP contribution in [0, 0.1) is 24.4 Å². The highest BCUT2D eigenvalue weighted by molar-refractivity contribution is 5.88. The van der Waals surface area contributed by atoms with Crippen molar-refractivity contribution in [1.82, 2.24) is 9.97 Å². The lowest BCUT2D eigenvalue weighted by Gasteiger charge is -2.08. The number of benzene rings is 1. The van der Waals surface area contributed by atoms with Crippen molar-refractivity contribution in [3.05, 3.63) is 47.0 Å². The number of halogens is 3. The molecule has 0 aliphatic carbocycles. The third-order valence-electron chi connectivity index (χ3n) is 2.47. The number of rotatable bonds is 3. The zero-order valence-electron chi connectivity index (χ0n) is 10.1. The number of aromatic nitrogens is 2. The Morgan fingerprint density at radius 3 is 2.45 bits per heavy atom. The van der Waals surface area contributed by atoms with Gasteiger partial charge in [0.25, 0.3) is 0 Å². The molecule has 0 saturated heterocycles. The van der Waals surface area contributed by atoms with Gasteiger partial charge in [-0.2, -0.15) is 0 Å². The Balaban J connectivity index is 2.33. The van der Waals surface area contributed by atoms with Crippen molar-refractivity contribution >= 4 is 17.6 Å². The second-order valence-corrected chi connectivity index (χ2v) is 3.87. The standard InChI is InChI=1S/C12H8F3N3O2/c1-5-6(11(19)20)4-16-12(17-5)18-10-3-8(14)7(13)2-9(10)15/h2-4H,1H3,(H,19,20)(H,16,17,18). The number of hydrogen-bond donors (Lipinski definition) is 2. The predicted octanol–water partition coefficient (Wildman–Crippen LogP) is 2.64. The van der Waals surface area contributed by atoms with Crippen LogP contribution in [0.25, 0.3) is 0 Å². The maximum Gasteiger partial charge on any atom is 0.339 e. The summed E-state index contributed by atoms with van der Waals surface area (Å²) < 4.78 is 39.2. The van der Waals surface area contributed by atoms with E-state index in [9.17, 15) is 18.0 Å². The summed E-state index contributed by atoms with van der Waals surface area (Å²) >= 11 is 0. The Bertz CT molecular complexity index is 692. The number of nitrogens with zero attached hydrogens (tertiary/aromatic N) is 2. The van der Waals surface area contributed by atoms with Gasteiger partial charge >= 0.3 is 5.97 Å². The minimum atomic E-state index is -1.31. The molecule has 2 N–H and O–H groups in total. The third-order valence-corrected chi connectivity index (χ3v) is 2.47. The van der Waals surface area contributed by atoms with Crippen LogP contribution in [0.5, 0.6) is 0 Å². The zero-order chi connectivity index (χ0) is 14.9. The first-order chi connectivity index (χ1) is 9.38. The van der Waals surface area contributed by atoms with Gasteiger partial charge in [0.05, 0.1) is 16.9 Å². The molecule has 2 rings (SSSR count). The largest absolute Gasteiger partial charge is 0.478 e. The Kier molecular flexibility index (Phi) is 3.55. The van der Waals surface area contributed by atoms with Gasteiger partial charge in [-0.1, -0.05) is 0 Å². The van der Waals surface area contributed by atoms with Crippen LogP contribution >= 0.6 is 0 Å². The monoisotopic (exact) mass is 283 g/mol. The quantitative estimate of drug-likeness (QED) is 0.847. The van der Waals surface area contributed by atoms with Crippen LogP contribution in [-0.2, 0) is 0 Å². The minimum Gasteiger partial charge on any atom is -0.478 e. The smallest absolute Gasteiger partial charge is 0.339 e. The summed E-state index contributed by atoms with van der Waals surface area (Å²) in [4.78, 5) is 18.2. The van der Waals surface area contributed by atoms with Crippen LogP contribution in [0.1, 0.15) is 16.1 Å². The number of carbonyl (C=O) groups is 1. The fraction of sp³-hybridized carbons (Fsp3) is 0.0833. The molecular formula is C12H8F3N3O2. The molecule has 0 spiro atoms. The maximum atomic E-state index is 13.4. The van der Waals surface area contributed by atoms with Crippen molar-refractivity contribution in [3.63, 3.8) is 0 Å². The summed E-state index contributed by atoms with van der Waals surface area (Å²) in [6.07, 6.45) is 1.03. The number of anilines is 2. The number of carboxylic acids is 1. The molecule has 0 bridgehead atoms. The van der Waals surface area contributed by atoms with Crippen LogP contribution in [0.15, 0.2) is 18.3 Å². The van der Waals surface area contributed by atoms with E-state index in [0.717, 1.165) is 6.20 Å². The highest BCUT2D eigenvalue weighted by atomic mass is 19.2. The fourth-order valence-corrected chi connectivity index (χ4v) is 1.48. The van der Waals surface area contributed by atoms with Crippen LogP contribution in [0.3, 0.4) is 0 Å². The summed E-state index contributed by atoms with van der Waals surface area (Å²) in [5, 5.41) is 11.2. The number of nitrogens with one attached hydrogen (secondary N) is 1. The molecule has 0 aliphatic heterocycles. The highest BCUT2D eigenvalue weighted by Gasteiger charge is 2.13. The highest BCUT2D eigenvalue weighted by Crippen LogP contribution is 2.21. The van der Waals surface area contributed by atoms with Gasteiger partial charge < -0.3 is 10.4 Å². The molecular weight excluding hydrogens is 275 g/mol. The molecule has 5 nitrogen and oxygen atoms in total. The van der Waals surface area contributed by atoms with E-state index in [1.54, 1.807) is 0 Å². The van der Waals surface area contributed by atoms with Crippen LogP contribution < -0.4 is 5.32 Å². The van der Waals surface area contributed by atoms with Crippen LogP contribution in [0.4, 0.5) is 24.8 Å². The minimum absolute atomic E-state index is 0.110. The van der Waals surface area contributed by atoms with Crippen molar-refractivity contribution in [3.8, 4) is 0 Å². The second-order valence-electron chi connectivity index (χ2n) is 3.87. The Hall–Kier alpha value is -2.64. The summed E-state index contributed by atoms with van der Waals surface area (Å²) in [5.74, 6) is -4.89. The average Bonchev–Trinajstić information content (AvgIpc) is 2.35. The van der Waals surface area contributed by atoms with Crippen molar-refractivity contribution in [2.75, 3.05) is 5.32 Å². The van der Waals surface area contributed by atoms with Crippen molar-refractivity contribution in [1.29, 1.82) is 0 Å². The number of carboxylic acid groups (broad SMARTS) is 1. The fourth-order valence-electron chi connectivity index (χ4n) is 1.48. The molecule has 0 unspecified atom stereocenters. The number of aromatic carboxylic acids is 1. The Labute approximate surface area is 111 Å². The summed E-state index contributed by atoms with van der Waals surface area (Å²) in [5.41, 5.74) is -0.314. The Morgan fingerprint density at radius 2 is 1.85 bits per heavy atom. The molecule has 0 aliphatic rings. The molecule has 1 heterocycles. The molecule has 0 amide bonds. The van der Waals surface area contributed by atoms with E-state index in [1.807, 2.05) is 0 Å². The van der Waals surface area contributed by atoms with E-state index in [4.69, 9.17) is 5.11 Å². The lowest BCUT2D eigenvalue weighted by atomic mass is 10.2. The van der Waals surface area contributed by atoms with Gasteiger partial charge in [0.1, 0.15) is 5.82 Å².